The van der Waals surface area contributed by atoms with Gasteiger partial charge < -0.3 is 38.2 Å². The molecule has 2 N–H and O–H groups in total. The lowest BCUT2D eigenvalue weighted by Gasteiger charge is -2.30. The number of benzene rings is 4. The van der Waals surface area contributed by atoms with Gasteiger partial charge in [0, 0.05) is 108 Å². The largest absolute Gasteiger partial charge is 1.00 e. The number of nitrogens with one attached hydrogen (secondary N) is 2. The van der Waals surface area contributed by atoms with Gasteiger partial charge in [0.1, 0.15) is 55.8 Å². The van der Waals surface area contributed by atoms with E-state index < -0.39 is 38.3 Å². The number of hydrogen-bond acceptors (Lipinski definition) is 15. The number of unbranched alkanes of at least 4 members (excludes halogenated alkanes) is 6. The summed E-state index contributed by atoms with van der Waals surface area (Å²) in [5.41, 5.74) is 14.8. The van der Waals surface area contributed by atoms with Crippen molar-refractivity contribution in [3.8, 4) is 22.6 Å². The molecule has 0 spiro atoms. The monoisotopic (exact) mass is 1640 g/mol. The number of rotatable bonds is 30. The van der Waals surface area contributed by atoms with Crippen molar-refractivity contribution in [2.24, 2.45) is 0 Å². The Labute approximate surface area is 683 Å². The van der Waals surface area contributed by atoms with Crippen molar-refractivity contribution in [3.05, 3.63) is 158 Å². The summed E-state index contributed by atoms with van der Waals surface area (Å²) < 4.78 is 115. The van der Waals surface area contributed by atoms with Gasteiger partial charge in [0.2, 0.25) is 28.2 Å². The minimum atomic E-state index is -4.43. The molecule has 0 saturated heterocycles. The van der Waals surface area contributed by atoms with Crippen molar-refractivity contribution in [2.45, 2.75) is 268 Å². The molecular formula is C88H129BF4N6O14S2. The van der Waals surface area contributed by atoms with Gasteiger partial charge in [-0.25, -0.2) is 26.0 Å². The number of fused-ring (bicyclic) bond motifs is 4. The van der Waals surface area contributed by atoms with E-state index in [0.29, 0.717) is 19.3 Å². The van der Waals surface area contributed by atoms with E-state index in [1.165, 1.54) is 101 Å². The van der Waals surface area contributed by atoms with Crippen LogP contribution in [0.1, 0.15) is 260 Å². The summed E-state index contributed by atoms with van der Waals surface area (Å²) in [6, 6.07) is 30.9. The number of carbonyl (C=O) groups excluding carboxylic acids is 6. The van der Waals surface area contributed by atoms with Crippen LogP contribution >= 0.6 is 0 Å². The van der Waals surface area contributed by atoms with Crippen LogP contribution in [-0.4, -0.2) is 131 Å². The summed E-state index contributed by atoms with van der Waals surface area (Å²) in [4.78, 5) is 59.4. The number of carbonyl (C=O) groups is 2. The SMILES string of the molecule is C.CCCCCC1(C)/C(=C\C=C\c2cc(C(C)(C)C)oc3cc(=[N+](CC)CC)ccc2-3)N(CCCCC(=O)NCC(C)S(=O)(=O)[O-])c2ccc(C)cc21.CCCCCC1(C)C(C)=[N+](CCCCC(=O)NCC(C)S(=O)(=O)[O-])c2ccc(C)cc21.CC[N+](CC)=c1ccc2c(C)cc(C(C)(C)C)oc-2c1.FB(F)F.O=C=O.O=C=O.[F-]. The minimum Gasteiger partial charge on any atom is -1.00 e. The number of hydrogen-bond donors (Lipinski definition) is 2. The number of amides is 2. The first-order valence-electron chi connectivity index (χ1n) is 39.6. The number of allylic oxidation sites excluding steroid dienone is 3. The molecule has 0 bridgehead atoms. The normalized spacial score (nSPS) is 15.7. The van der Waals surface area contributed by atoms with Gasteiger partial charge in [-0.3, -0.25) is 22.5 Å². The van der Waals surface area contributed by atoms with Crippen LogP contribution in [0.25, 0.3) is 28.7 Å². The fourth-order valence-electron chi connectivity index (χ4n) is 14.0. The summed E-state index contributed by atoms with van der Waals surface area (Å²) in [7, 11) is -12.5. The summed E-state index contributed by atoms with van der Waals surface area (Å²) in [6.07, 6.45) is 20.1. The maximum absolute atomic E-state index is 12.5. The molecule has 2 aliphatic carbocycles. The Balaban J connectivity index is 0.000000884. The highest BCUT2D eigenvalue weighted by atomic mass is 32.2. The van der Waals surface area contributed by atoms with Gasteiger partial charge in [-0.2, -0.15) is 23.8 Å². The van der Waals surface area contributed by atoms with Gasteiger partial charge in [0.25, 0.3) is 0 Å². The predicted molar refractivity (Wildman–Crippen MR) is 449 cm³/mol. The third kappa shape index (κ3) is 31.5. The van der Waals surface area contributed by atoms with E-state index in [1.54, 1.807) is 0 Å². The molecule has 0 radical (unpaired) electrons. The van der Waals surface area contributed by atoms with Crippen LogP contribution in [0.2, 0.25) is 0 Å². The Morgan fingerprint density at radius 2 is 1.03 bits per heavy atom. The Kier molecular flexibility index (Phi) is 44.5. The first kappa shape index (κ1) is 105. The molecule has 4 heterocycles. The molecule has 0 aromatic heterocycles. The van der Waals surface area contributed by atoms with E-state index in [4.69, 9.17) is 28.0 Å². The standard InChI is InChI=1S/C43H61N3O5S.C24H38N2O4S.C18H26NO.2CO2.CH4.BF3.FH/c1-10-13-15-25-43(9)36-27-31(4)21-24-37(36)46(26-16-14-20-41(47)44-30-32(5)52(48,49)50)39(43)19-17-18-33-28-40(42(6,7)8)51-38-29-34(22-23-35(33)38)45(11-2)12-3;1-6-7-9-14-24(5)20(4)26(22-13-12-18(2)16-21(22)24)15-10-8-11-23(27)25-17-19(3)31(28,29)30;1-7-19(8-2)14-9-10-15-13(3)11-17(18(4,5)6)20-16(15)12-14;2*2-1-3;;2-1(3)4;/h17-19,21-24,27-29,32H,10-16,20,25-26,30H2,1-9H3,(H-,44,47,48,49,50);12-13,16,19H,6-11,14-15,17H2,1-5H3,(H-,25,27,28,29,30);9-12H,7-8H2,1-6H3;;;1H4;;1H/q;;+1;;;;;/p-1. The minimum absolute atomic E-state index is 0. The molecule has 2 amide bonds. The van der Waals surface area contributed by atoms with Crippen molar-refractivity contribution in [1.29, 1.82) is 0 Å². The molecule has 115 heavy (non-hydrogen) atoms. The molecule has 4 atom stereocenters. The quantitative estimate of drug-likeness (QED) is 0.0139. The maximum Gasteiger partial charge on any atom is 0.762 e. The first-order chi connectivity index (χ1) is 53.0. The summed E-state index contributed by atoms with van der Waals surface area (Å²) in [5.74, 6) is 3.40. The van der Waals surface area contributed by atoms with E-state index in [-0.39, 0.29) is 77.4 Å². The molecular weight excluding hydrogens is 1520 g/mol. The van der Waals surface area contributed by atoms with E-state index in [0.717, 1.165) is 117 Å². The Hall–Kier alpha value is -8.45. The van der Waals surface area contributed by atoms with E-state index in [9.17, 15) is 48.5 Å². The molecule has 2 aromatic carbocycles. The van der Waals surface area contributed by atoms with Crippen LogP contribution in [-0.2, 0) is 70.7 Å². The van der Waals surface area contributed by atoms with Crippen molar-refractivity contribution in [2.75, 3.05) is 57.3 Å². The smallest absolute Gasteiger partial charge is 0.762 e. The zero-order valence-electron chi connectivity index (χ0n) is 70.9. The molecule has 8 rings (SSSR count). The lowest BCUT2D eigenvalue weighted by Crippen LogP contribution is -3.00. The third-order valence-corrected chi connectivity index (χ3v) is 23.2. The second-order valence-electron chi connectivity index (χ2n) is 31.5. The molecule has 0 fully saturated rings. The highest BCUT2D eigenvalue weighted by Crippen LogP contribution is 2.52. The van der Waals surface area contributed by atoms with E-state index in [1.807, 2.05) is 0 Å². The molecule has 4 unspecified atom stereocenters. The van der Waals surface area contributed by atoms with Gasteiger partial charge in [0.05, 0.1) is 48.3 Å². The summed E-state index contributed by atoms with van der Waals surface area (Å²) >= 11 is 0. The van der Waals surface area contributed by atoms with Crippen molar-refractivity contribution in [3.63, 3.8) is 0 Å². The second kappa shape index (κ2) is 48.9. The molecule has 0 saturated carbocycles. The molecule has 20 nitrogen and oxygen atoms in total. The Bertz CT molecular complexity index is 4580. The molecule has 638 valence electrons. The Morgan fingerprint density at radius 3 is 1.48 bits per heavy atom. The van der Waals surface area contributed by atoms with Crippen molar-refractivity contribution >= 4 is 75.1 Å². The van der Waals surface area contributed by atoms with Crippen LogP contribution in [0.5, 0.6) is 0 Å². The van der Waals surface area contributed by atoms with Crippen LogP contribution < -0.4 is 40.1 Å². The number of anilines is 1. The van der Waals surface area contributed by atoms with Crippen molar-refractivity contribution in [1.82, 2.24) is 19.8 Å². The van der Waals surface area contributed by atoms with E-state index in [2.05, 4.69) is 257 Å². The summed E-state index contributed by atoms with van der Waals surface area (Å²) in [5, 5.41) is 5.29. The van der Waals surface area contributed by atoms with Crippen LogP contribution in [0.3, 0.4) is 0 Å². The molecule has 6 aliphatic rings. The van der Waals surface area contributed by atoms with Crippen LogP contribution in [0.4, 0.5) is 24.3 Å². The zero-order valence-corrected chi connectivity index (χ0v) is 72.6. The van der Waals surface area contributed by atoms with Gasteiger partial charge in [-0.15, -0.1) is 0 Å². The second-order valence-corrected chi connectivity index (χ2v) is 35.1. The van der Waals surface area contributed by atoms with E-state index >= 15 is 0 Å². The maximum atomic E-state index is 12.5. The lowest BCUT2D eigenvalue weighted by atomic mass is 9.75. The molecule has 2 aromatic rings. The third-order valence-electron chi connectivity index (χ3n) is 20.9. The van der Waals surface area contributed by atoms with Gasteiger partial charge in [0.15, 0.2) is 5.71 Å². The highest BCUT2D eigenvalue weighted by molar-refractivity contribution is 7.86. The number of aryl methyl sites for hydroxylation is 3. The number of halogens is 4. The predicted octanol–water partition coefficient (Wildman–Crippen LogP) is 13.6. The highest BCUT2D eigenvalue weighted by Gasteiger charge is 2.46. The average molecular weight is 1650 g/mol. The lowest BCUT2D eigenvalue weighted by molar-refractivity contribution is -0.439. The molecule has 27 heteroatoms. The van der Waals surface area contributed by atoms with Gasteiger partial charge in [-0.1, -0.05) is 143 Å². The molecule has 4 aliphatic heterocycles. The number of nitrogens with zero attached hydrogens (tertiary/aromatic N) is 4. The average Bonchev–Trinajstić information content (AvgIpc) is 1.59. The van der Waals surface area contributed by atoms with Gasteiger partial charge >= 0.3 is 19.8 Å². The summed E-state index contributed by atoms with van der Waals surface area (Å²) in [6.45, 7) is 47.5. The fraction of sp³-hybridized carbons (Fsp3) is 0.557. The first-order valence-corrected chi connectivity index (χ1v) is 42.5. The van der Waals surface area contributed by atoms with Crippen LogP contribution in [0.15, 0.2) is 112 Å². The zero-order chi connectivity index (χ0) is 85.4. The Morgan fingerprint density at radius 1 is 0.600 bits per heavy atom. The fourth-order valence-corrected chi connectivity index (χ4v) is 14.5. The van der Waals surface area contributed by atoms with Crippen molar-refractivity contribution < 1.29 is 85.8 Å². The topological polar surface area (TPSA) is 279 Å². The van der Waals surface area contributed by atoms with Gasteiger partial charge in [-0.05, 0) is 167 Å². The van der Waals surface area contributed by atoms with Crippen LogP contribution in [0, 0.1) is 20.8 Å².